The molecule has 2 fully saturated rings. The molecule has 0 bridgehead atoms. The van der Waals surface area contributed by atoms with Gasteiger partial charge in [-0.15, -0.1) is 0 Å². The Hall–Kier alpha value is -0.750. The first-order chi connectivity index (χ1) is 8.03. The summed E-state index contributed by atoms with van der Waals surface area (Å²) >= 11 is 0. The predicted molar refractivity (Wildman–Crippen MR) is 57.8 cm³/mol. The van der Waals surface area contributed by atoms with Gasteiger partial charge in [0.05, 0.1) is 6.54 Å². The summed E-state index contributed by atoms with van der Waals surface area (Å²) < 4.78 is 25.8. The van der Waals surface area contributed by atoms with Crippen molar-refractivity contribution in [2.75, 3.05) is 19.7 Å². The van der Waals surface area contributed by atoms with Gasteiger partial charge in [-0.1, -0.05) is 0 Å². The molecule has 0 aromatic rings. The van der Waals surface area contributed by atoms with E-state index in [4.69, 9.17) is 5.11 Å². The summed E-state index contributed by atoms with van der Waals surface area (Å²) in [4.78, 5) is 13.5. The lowest BCUT2D eigenvalue weighted by molar-refractivity contribution is -0.129. The van der Waals surface area contributed by atoms with E-state index in [1.54, 1.807) is 4.90 Å². The van der Waals surface area contributed by atoms with E-state index in [2.05, 4.69) is 5.32 Å². The van der Waals surface area contributed by atoms with Crippen molar-refractivity contribution in [2.24, 2.45) is 0 Å². The van der Waals surface area contributed by atoms with Crippen LogP contribution >= 0.6 is 0 Å². The van der Waals surface area contributed by atoms with Gasteiger partial charge in [-0.3, -0.25) is 4.79 Å². The van der Waals surface area contributed by atoms with E-state index in [-0.39, 0.29) is 18.0 Å². The first-order valence-corrected chi connectivity index (χ1v) is 6.05. The minimum Gasteiger partial charge on any atom is -0.390 e. The van der Waals surface area contributed by atoms with Crippen LogP contribution in [0.3, 0.4) is 0 Å². The molecule has 0 aliphatic carbocycles. The van der Waals surface area contributed by atoms with Crippen molar-refractivity contribution >= 4 is 5.91 Å². The van der Waals surface area contributed by atoms with Crippen molar-refractivity contribution in [3.63, 3.8) is 0 Å². The Morgan fingerprint density at radius 3 is 2.94 bits per heavy atom. The largest absolute Gasteiger partial charge is 0.390 e. The van der Waals surface area contributed by atoms with Crippen LogP contribution in [0.25, 0.3) is 0 Å². The average molecular weight is 248 g/mol. The number of halogens is 2. The lowest BCUT2D eigenvalue weighted by Crippen LogP contribution is -2.48. The number of alkyl halides is 2. The smallest absolute Gasteiger partial charge is 0.282 e. The lowest BCUT2D eigenvalue weighted by atomic mass is 9.99. The fraction of sp³-hybridized carbons (Fsp3) is 0.909. The number of hydrogen-bond donors (Lipinski definition) is 2. The SMILES string of the molecule is O=C1CC(NCC(F)(F)CO)C2CCCCN12. The molecule has 1 amide bonds. The molecule has 2 aliphatic rings. The molecule has 0 radical (unpaired) electrons. The van der Waals surface area contributed by atoms with Crippen LogP contribution in [-0.4, -0.2) is 53.6 Å². The lowest BCUT2D eigenvalue weighted by Gasteiger charge is -2.33. The highest BCUT2D eigenvalue weighted by atomic mass is 19.3. The monoisotopic (exact) mass is 248 g/mol. The van der Waals surface area contributed by atoms with Crippen LogP contribution in [0.5, 0.6) is 0 Å². The van der Waals surface area contributed by atoms with Gasteiger partial charge in [-0.2, -0.15) is 0 Å². The number of piperidine rings is 1. The first-order valence-electron chi connectivity index (χ1n) is 6.05. The Morgan fingerprint density at radius 2 is 2.24 bits per heavy atom. The molecule has 0 aromatic heterocycles. The molecule has 6 heteroatoms. The molecule has 2 heterocycles. The average Bonchev–Trinajstić information content (AvgIpc) is 2.65. The standard InChI is InChI=1S/C11H18F2N2O2/c12-11(13,7-16)6-14-8-5-10(17)15-4-2-1-3-9(8)15/h8-9,14,16H,1-7H2. The first kappa shape index (κ1) is 12.7. The Morgan fingerprint density at radius 1 is 1.47 bits per heavy atom. The summed E-state index contributed by atoms with van der Waals surface area (Å²) in [6.45, 7) is -0.973. The van der Waals surface area contributed by atoms with Gasteiger partial charge >= 0.3 is 0 Å². The number of aliphatic hydroxyl groups is 1. The highest BCUT2D eigenvalue weighted by Gasteiger charge is 2.41. The summed E-state index contributed by atoms with van der Waals surface area (Å²) in [7, 11) is 0. The molecule has 0 saturated carbocycles. The molecule has 2 N–H and O–H groups in total. The molecule has 2 aliphatic heterocycles. The Kier molecular flexibility index (Phi) is 3.63. The summed E-state index contributed by atoms with van der Waals surface area (Å²) in [5, 5.41) is 11.2. The molecule has 2 atom stereocenters. The van der Waals surface area contributed by atoms with Crippen molar-refractivity contribution in [2.45, 2.75) is 43.7 Å². The van der Waals surface area contributed by atoms with Crippen LogP contribution in [-0.2, 0) is 4.79 Å². The molecule has 0 spiro atoms. The van der Waals surface area contributed by atoms with Crippen molar-refractivity contribution in [3.8, 4) is 0 Å². The second-order valence-corrected chi connectivity index (χ2v) is 4.86. The van der Waals surface area contributed by atoms with Gasteiger partial charge in [0.1, 0.15) is 6.61 Å². The summed E-state index contributed by atoms with van der Waals surface area (Å²) in [5.74, 6) is -3.05. The van der Waals surface area contributed by atoms with E-state index in [0.29, 0.717) is 6.42 Å². The molecular formula is C11H18F2N2O2. The fourth-order valence-electron chi connectivity index (χ4n) is 2.67. The van der Waals surface area contributed by atoms with E-state index < -0.39 is 19.1 Å². The topological polar surface area (TPSA) is 52.6 Å². The quantitative estimate of drug-likeness (QED) is 0.755. The van der Waals surface area contributed by atoms with Gasteiger partial charge in [0, 0.05) is 25.0 Å². The van der Waals surface area contributed by atoms with Crippen molar-refractivity contribution in [1.29, 1.82) is 0 Å². The van der Waals surface area contributed by atoms with Crippen LogP contribution < -0.4 is 5.32 Å². The number of hydrogen-bond acceptors (Lipinski definition) is 3. The highest BCUT2D eigenvalue weighted by molar-refractivity contribution is 5.80. The third-order valence-corrected chi connectivity index (χ3v) is 3.58. The van der Waals surface area contributed by atoms with Crippen molar-refractivity contribution in [1.82, 2.24) is 10.2 Å². The van der Waals surface area contributed by atoms with E-state index in [1.165, 1.54) is 0 Å². The van der Waals surface area contributed by atoms with E-state index in [1.807, 2.05) is 0 Å². The zero-order chi connectivity index (χ0) is 12.5. The fourth-order valence-corrected chi connectivity index (χ4v) is 2.67. The van der Waals surface area contributed by atoms with Gasteiger partial charge in [0.2, 0.25) is 5.91 Å². The van der Waals surface area contributed by atoms with Crippen LogP contribution in [0.15, 0.2) is 0 Å². The van der Waals surface area contributed by atoms with Gasteiger partial charge < -0.3 is 15.3 Å². The van der Waals surface area contributed by atoms with Crippen LogP contribution in [0.4, 0.5) is 8.78 Å². The number of nitrogens with zero attached hydrogens (tertiary/aromatic N) is 1. The molecule has 17 heavy (non-hydrogen) atoms. The maximum Gasteiger partial charge on any atom is 0.282 e. The number of rotatable bonds is 4. The maximum absolute atomic E-state index is 12.9. The Bertz CT molecular complexity index is 299. The second kappa shape index (κ2) is 4.86. The Balaban J connectivity index is 1.91. The zero-order valence-electron chi connectivity index (χ0n) is 9.66. The maximum atomic E-state index is 12.9. The second-order valence-electron chi connectivity index (χ2n) is 4.86. The Labute approximate surface area is 99.0 Å². The zero-order valence-corrected chi connectivity index (χ0v) is 9.66. The summed E-state index contributed by atoms with van der Waals surface area (Å²) in [6.07, 6.45) is 3.23. The molecule has 2 saturated heterocycles. The molecule has 0 aromatic carbocycles. The molecule has 2 rings (SSSR count). The number of amides is 1. The highest BCUT2D eigenvalue weighted by Crippen LogP contribution is 2.28. The number of fused-ring (bicyclic) bond motifs is 1. The molecule has 4 nitrogen and oxygen atoms in total. The number of aliphatic hydroxyl groups excluding tert-OH is 1. The predicted octanol–water partition coefficient (Wildman–Crippen LogP) is 0.357. The van der Waals surface area contributed by atoms with Crippen molar-refractivity contribution in [3.05, 3.63) is 0 Å². The minimum absolute atomic E-state index is 0.0551. The third kappa shape index (κ3) is 2.74. The van der Waals surface area contributed by atoms with Gasteiger partial charge in [0.25, 0.3) is 5.92 Å². The van der Waals surface area contributed by atoms with Gasteiger partial charge in [-0.25, -0.2) is 8.78 Å². The van der Waals surface area contributed by atoms with Crippen LogP contribution in [0, 0.1) is 0 Å². The van der Waals surface area contributed by atoms with Gasteiger partial charge in [0.15, 0.2) is 0 Å². The molecule has 98 valence electrons. The van der Waals surface area contributed by atoms with Crippen LogP contribution in [0.2, 0.25) is 0 Å². The number of carbonyl (C=O) groups excluding carboxylic acids is 1. The van der Waals surface area contributed by atoms with Crippen molar-refractivity contribution < 1.29 is 18.7 Å². The summed E-state index contributed by atoms with van der Waals surface area (Å²) in [6, 6.07) is -0.133. The van der Waals surface area contributed by atoms with Gasteiger partial charge in [-0.05, 0) is 19.3 Å². The normalized spacial score (nSPS) is 29.6. The van der Waals surface area contributed by atoms with E-state index in [0.717, 1.165) is 25.8 Å². The number of nitrogens with one attached hydrogen (secondary N) is 1. The molecular weight excluding hydrogens is 230 g/mol. The number of carbonyl (C=O) groups is 1. The summed E-state index contributed by atoms with van der Waals surface area (Å²) in [5.41, 5.74) is 0. The molecule has 2 unspecified atom stereocenters. The van der Waals surface area contributed by atoms with E-state index in [9.17, 15) is 13.6 Å². The third-order valence-electron chi connectivity index (χ3n) is 3.58. The minimum atomic E-state index is -3.11. The van der Waals surface area contributed by atoms with Crippen LogP contribution in [0.1, 0.15) is 25.7 Å². The van der Waals surface area contributed by atoms with E-state index >= 15 is 0 Å².